The van der Waals surface area contributed by atoms with Crippen LogP contribution in [0.25, 0.3) is 0 Å². The van der Waals surface area contributed by atoms with Gasteiger partial charge in [0.25, 0.3) is 0 Å². The molecule has 1 rings (SSSR count). The second kappa shape index (κ2) is 6.80. The number of rotatable bonds is 4. The van der Waals surface area contributed by atoms with Crippen molar-refractivity contribution in [1.29, 1.82) is 0 Å². The van der Waals surface area contributed by atoms with E-state index in [1.807, 2.05) is 0 Å². The third-order valence-electron chi connectivity index (χ3n) is 2.55. The monoisotopic (exact) mass is 213 g/mol. The summed E-state index contributed by atoms with van der Waals surface area (Å²) in [7, 11) is 0. The lowest BCUT2D eigenvalue weighted by molar-refractivity contribution is -0.134. The van der Waals surface area contributed by atoms with Crippen LogP contribution in [-0.2, 0) is 4.79 Å². The molecule has 0 aliphatic carbocycles. The maximum absolute atomic E-state index is 11.8. The fourth-order valence-electron chi connectivity index (χ4n) is 1.68. The highest BCUT2D eigenvalue weighted by atomic mass is 16.2. The third kappa shape index (κ3) is 5.14. The first-order valence-electron chi connectivity index (χ1n) is 5.97. The lowest BCUT2D eigenvalue weighted by atomic mass is 10.2. The quantitative estimate of drug-likeness (QED) is 0.729. The summed E-state index contributed by atoms with van der Waals surface area (Å²) in [4.78, 5) is 11.8. The summed E-state index contributed by atoms with van der Waals surface area (Å²) in [6, 6.07) is 0.454. The molecule has 1 aliphatic heterocycles. The maximum atomic E-state index is 11.8. The minimum absolute atomic E-state index is 0.213. The number of amides is 1. The Morgan fingerprint density at radius 3 is 2.93 bits per heavy atom. The number of carbonyl (C=O) groups is 1. The molecular formula is C11H23N3O. The molecule has 88 valence electrons. The Morgan fingerprint density at radius 2 is 2.20 bits per heavy atom. The first kappa shape index (κ1) is 12.5. The first-order chi connectivity index (χ1) is 7.20. The van der Waals surface area contributed by atoms with Gasteiger partial charge in [-0.3, -0.25) is 9.80 Å². The summed E-state index contributed by atoms with van der Waals surface area (Å²) in [5, 5.41) is 5.04. The smallest absolute Gasteiger partial charge is 0.237 e. The highest BCUT2D eigenvalue weighted by Crippen LogP contribution is 2.03. The van der Waals surface area contributed by atoms with Crippen LogP contribution >= 0.6 is 0 Å². The van der Waals surface area contributed by atoms with Gasteiger partial charge in [0, 0.05) is 32.1 Å². The van der Waals surface area contributed by atoms with Gasteiger partial charge in [0.1, 0.15) is 0 Å². The van der Waals surface area contributed by atoms with Crippen LogP contribution in [0.15, 0.2) is 0 Å². The molecule has 0 aromatic heterocycles. The number of hydrazine groups is 1. The molecule has 0 spiro atoms. The Bertz CT molecular complexity index is 186. The van der Waals surface area contributed by atoms with Gasteiger partial charge in [-0.2, -0.15) is 0 Å². The standard InChI is InChI=1S/C11H23N3O/c1-10(2)12-8-6-11(15)14-9-5-3-4-7-13-14/h10,12-13H,3-9H2,1-2H3. The van der Waals surface area contributed by atoms with Gasteiger partial charge in [0.05, 0.1) is 0 Å². The summed E-state index contributed by atoms with van der Waals surface area (Å²) >= 11 is 0. The van der Waals surface area contributed by atoms with E-state index in [2.05, 4.69) is 24.6 Å². The van der Waals surface area contributed by atoms with Crippen LogP contribution in [-0.4, -0.2) is 36.6 Å². The molecule has 15 heavy (non-hydrogen) atoms. The zero-order valence-corrected chi connectivity index (χ0v) is 9.88. The van der Waals surface area contributed by atoms with E-state index < -0.39 is 0 Å². The Balaban J connectivity index is 2.19. The maximum Gasteiger partial charge on any atom is 0.237 e. The van der Waals surface area contributed by atoms with Crippen LogP contribution in [0.2, 0.25) is 0 Å². The van der Waals surface area contributed by atoms with Gasteiger partial charge < -0.3 is 5.32 Å². The minimum atomic E-state index is 0.213. The van der Waals surface area contributed by atoms with Crippen LogP contribution in [0.1, 0.15) is 39.5 Å². The van der Waals surface area contributed by atoms with Gasteiger partial charge in [-0.25, -0.2) is 5.43 Å². The van der Waals surface area contributed by atoms with Crippen molar-refractivity contribution in [1.82, 2.24) is 15.8 Å². The van der Waals surface area contributed by atoms with Crippen molar-refractivity contribution >= 4 is 5.91 Å². The molecule has 4 heteroatoms. The predicted octanol–water partition coefficient (Wildman–Crippen LogP) is 0.892. The molecular weight excluding hydrogens is 190 g/mol. The van der Waals surface area contributed by atoms with Crippen molar-refractivity contribution in [3.8, 4) is 0 Å². The molecule has 1 aliphatic rings. The van der Waals surface area contributed by atoms with Gasteiger partial charge in [0.2, 0.25) is 5.91 Å². The molecule has 0 aromatic rings. The van der Waals surface area contributed by atoms with Crippen molar-refractivity contribution < 1.29 is 4.79 Å². The second-order valence-corrected chi connectivity index (χ2v) is 4.37. The van der Waals surface area contributed by atoms with Crippen molar-refractivity contribution in [3.63, 3.8) is 0 Å². The van der Waals surface area contributed by atoms with Crippen LogP contribution in [0.3, 0.4) is 0 Å². The van der Waals surface area contributed by atoms with Crippen LogP contribution < -0.4 is 10.7 Å². The lowest BCUT2D eigenvalue weighted by Crippen LogP contribution is -2.43. The van der Waals surface area contributed by atoms with E-state index in [0.29, 0.717) is 12.5 Å². The highest BCUT2D eigenvalue weighted by Gasteiger charge is 2.14. The number of hydrogen-bond donors (Lipinski definition) is 2. The minimum Gasteiger partial charge on any atom is -0.314 e. The Morgan fingerprint density at radius 1 is 1.40 bits per heavy atom. The van der Waals surface area contributed by atoms with Gasteiger partial charge in [-0.05, 0) is 12.8 Å². The zero-order valence-electron chi connectivity index (χ0n) is 9.88. The molecule has 1 saturated heterocycles. The van der Waals surface area contributed by atoms with Gasteiger partial charge in [-0.1, -0.05) is 20.3 Å². The van der Waals surface area contributed by atoms with Crippen LogP contribution in [0.5, 0.6) is 0 Å². The second-order valence-electron chi connectivity index (χ2n) is 4.37. The molecule has 0 radical (unpaired) electrons. The molecule has 2 N–H and O–H groups in total. The number of hydrogen-bond acceptors (Lipinski definition) is 3. The molecule has 0 atom stereocenters. The molecule has 0 aromatic carbocycles. The van der Waals surface area contributed by atoms with Crippen LogP contribution in [0.4, 0.5) is 0 Å². The number of nitrogens with one attached hydrogen (secondary N) is 2. The Hall–Kier alpha value is -0.610. The topological polar surface area (TPSA) is 44.4 Å². The number of carbonyl (C=O) groups excluding carboxylic acids is 1. The summed E-state index contributed by atoms with van der Waals surface area (Å²) in [5.74, 6) is 0.213. The highest BCUT2D eigenvalue weighted by molar-refractivity contribution is 5.75. The summed E-state index contributed by atoms with van der Waals surface area (Å²) in [6.45, 7) is 6.75. The fraction of sp³-hybridized carbons (Fsp3) is 0.909. The molecule has 1 heterocycles. The summed E-state index contributed by atoms with van der Waals surface area (Å²) in [6.07, 6.45) is 4.11. The van der Waals surface area contributed by atoms with Gasteiger partial charge >= 0.3 is 0 Å². The van der Waals surface area contributed by atoms with E-state index in [9.17, 15) is 4.79 Å². The van der Waals surface area contributed by atoms with Crippen molar-refractivity contribution in [2.45, 2.75) is 45.6 Å². The first-order valence-corrected chi connectivity index (χ1v) is 5.97. The van der Waals surface area contributed by atoms with Gasteiger partial charge in [-0.15, -0.1) is 0 Å². The van der Waals surface area contributed by atoms with Crippen molar-refractivity contribution in [2.75, 3.05) is 19.6 Å². The van der Waals surface area contributed by atoms with E-state index in [-0.39, 0.29) is 5.91 Å². The molecule has 1 amide bonds. The molecule has 1 fully saturated rings. The van der Waals surface area contributed by atoms with E-state index >= 15 is 0 Å². The van der Waals surface area contributed by atoms with E-state index in [1.54, 1.807) is 5.01 Å². The van der Waals surface area contributed by atoms with E-state index in [4.69, 9.17) is 0 Å². The molecule has 4 nitrogen and oxygen atoms in total. The molecule has 0 bridgehead atoms. The van der Waals surface area contributed by atoms with Crippen molar-refractivity contribution in [2.24, 2.45) is 0 Å². The number of nitrogens with zero attached hydrogens (tertiary/aromatic N) is 1. The molecule has 0 unspecified atom stereocenters. The average Bonchev–Trinajstić information content (AvgIpc) is 2.44. The molecule has 0 saturated carbocycles. The Kier molecular flexibility index (Phi) is 5.65. The van der Waals surface area contributed by atoms with E-state index in [0.717, 1.165) is 26.1 Å². The fourth-order valence-corrected chi connectivity index (χ4v) is 1.68. The van der Waals surface area contributed by atoms with Crippen molar-refractivity contribution in [3.05, 3.63) is 0 Å². The average molecular weight is 213 g/mol. The largest absolute Gasteiger partial charge is 0.314 e. The zero-order chi connectivity index (χ0) is 11.1. The van der Waals surface area contributed by atoms with Crippen LogP contribution in [0, 0.1) is 0 Å². The van der Waals surface area contributed by atoms with Gasteiger partial charge in [0.15, 0.2) is 0 Å². The summed E-state index contributed by atoms with van der Waals surface area (Å²) < 4.78 is 0. The normalized spacial score (nSPS) is 17.9. The predicted molar refractivity (Wildman–Crippen MR) is 61.3 cm³/mol. The lowest BCUT2D eigenvalue weighted by Gasteiger charge is -2.21. The van der Waals surface area contributed by atoms with E-state index in [1.165, 1.54) is 12.8 Å². The third-order valence-corrected chi connectivity index (χ3v) is 2.55. The Labute approximate surface area is 92.4 Å². The SMILES string of the molecule is CC(C)NCCC(=O)N1CCCCCN1. The summed E-state index contributed by atoms with van der Waals surface area (Å²) in [5.41, 5.74) is 3.18.